The van der Waals surface area contributed by atoms with E-state index in [1.54, 1.807) is 28.1 Å². The smallest absolute Gasteiger partial charge is 0.226 e. The predicted octanol–water partition coefficient (Wildman–Crippen LogP) is 1.58. The minimum atomic E-state index is 0.183. The van der Waals surface area contributed by atoms with Gasteiger partial charge in [0.1, 0.15) is 5.82 Å². The van der Waals surface area contributed by atoms with Crippen molar-refractivity contribution in [2.45, 2.75) is 12.8 Å². The largest absolute Gasteiger partial charge is 0.319 e. The van der Waals surface area contributed by atoms with Crippen LogP contribution in [0.3, 0.4) is 0 Å². The van der Waals surface area contributed by atoms with Crippen molar-refractivity contribution in [2.24, 2.45) is 0 Å². The lowest BCUT2D eigenvalue weighted by molar-refractivity contribution is -0.125. The van der Waals surface area contributed by atoms with Gasteiger partial charge in [0.2, 0.25) is 5.91 Å². The van der Waals surface area contributed by atoms with Gasteiger partial charge < -0.3 is 9.47 Å². The second kappa shape index (κ2) is 4.13. The molecule has 4 nitrogen and oxygen atoms in total. The van der Waals surface area contributed by atoms with Crippen LogP contribution >= 0.6 is 0 Å². The molecular formula is C11H13N3O. The number of aromatic nitrogens is 2. The molecule has 1 aromatic heterocycles. The first-order valence-corrected chi connectivity index (χ1v) is 4.94. The van der Waals surface area contributed by atoms with Crippen LogP contribution in [-0.4, -0.2) is 26.9 Å². The molecule has 0 atom stereocenters. The Kier molecular flexibility index (Phi) is 2.67. The van der Waals surface area contributed by atoms with Crippen LogP contribution < -0.4 is 0 Å². The van der Waals surface area contributed by atoms with Crippen LogP contribution in [0, 0.1) is 0 Å². The van der Waals surface area contributed by atoms with Crippen molar-refractivity contribution in [3.05, 3.63) is 31.0 Å². The molecule has 15 heavy (non-hydrogen) atoms. The van der Waals surface area contributed by atoms with E-state index >= 15 is 0 Å². The Morgan fingerprint density at radius 1 is 1.53 bits per heavy atom. The normalized spacial score (nSPS) is 16.5. The van der Waals surface area contributed by atoms with Crippen molar-refractivity contribution in [3.8, 4) is 0 Å². The highest BCUT2D eigenvalue weighted by atomic mass is 16.2. The van der Waals surface area contributed by atoms with E-state index in [2.05, 4.69) is 11.6 Å². The van der Waals surface area contributed by atoms with Gasteiger partial charge in [0.25, 0.3) is 0 Å². The Morgan fingerprint density at radius 3 is 3.07 bits per heavy atom. The van der Waals surface area contributed by atoms with Gasteiger partial charge in [-0.2, -0.15) is 0 Å². The minimum absolute atomic E-state index is 0.183. The van der Waals surface area contributed by atoms with Gasteiger partial charge in [-0.25, -0.2) is 4.98 Å². The summed E-state index contributed by atoms with van der Waals surface area (Å²) >= 11 is 0. The van der Waals surface area contributed by atoms with E-state index < -0.39 is 0 Å². The number of likely N-dealkylation sites (tertiary alicyclic amines) is 1. The molecule has 0 aliphatic carbocycles. The van der Waals surface area contributed by atoms with Crippen LogP contribution in [0.15, 0.2) is 25.2 Å². The molecule has 1 saturated heterocycles. The van der Waals surface area contributed by atoms with Gasteiger partial charge in [0, 0.05) is 37.8 Å². The summed E-state index contributed by atoms with van der Waals surface area (Å²) in [4.78, 5) is 17.2. The second-order valence-corrected chi connectivity index (χ2v) is 3.38. The van der Waals surface area contributed by atoms with Crippen LogP contribution in [0.4, 0.5) is 0 Å². The third-order valence-electron chi connectivity index (χ3n) is 2.41. The molecule has 0 radical (unpaired) electrons. The Balaban J connectivity index is 2.10. The van der Waals surface area contributed by atoms with Crippen molar-refractivity contribution in [2.75, 3.05) is 6.54 Å². The summed E-state index contributed by atoms with van der Waals surface area (Å²) in [7, 11) is 0. The van der Waals surface area contributed by atoms with Gasteiger partial charge in [0.05, 0.1) is 0 Å². The lowest BCUT2D eigenvalue weighted by atomic mass is 10.4. The molecule has 2 rings (SSSR count). The fourth-order valence-electron chi connectivity index (χ4n) is 1.59. The molecule has 0 N–H and O–H groups in total. The predicted molar refractivity (Wildman–Crippen MR) is 58.6 cm³/mol. The number of carbonyl (C=O) groups is 1. The number of hydrogen-bond acceptors (Lipinski definition) is 2. The molecule has 4 heteroatoms. The van der Waals surface area contributed by atoms with E-state index in [1.807, 2.05) is 12.3 Å². The van der Waals surface area contributed by atoms with Gasteiger partial charge in [-0.3, -0.25) is 4.79 Å². The van der Waals surface area contributed by atoms with E-state index in [1.165, 1.54) is 0 Å². The summed E-state index contributed by atoms with van der Waals surface area (Å²) in [5.74, 6) is 0.965. The van der Waals surface area contributed by atoms with Gasteiger partial charge >= 0.3 is 0 Å². The molecule has 78 valence electrons. The van der Waals surface area contributed by atoms with E-state index in [9.17, 15) is 4.79 Å². The average Bonchev–Trinajstić information content (AvgIpc) is 2.83. The highest BCUT2D eigenvalue weighted by molar-refractivity contribution is 5.79. The van der Waals surface area contributed by atoms with Crippen LogP contribution in [0.25, 0.3) is 12.3 Å². The molecule has 0 unspecified atom stereocenters. The number of rotatable bonds is 3. The zero-order valence-electron chi connectivity index (χ0n) is 8.47. The van der Waals surface area contributed by atoms with Crippen molar-refractivity contribution >= 4 is 18.2 Å². The highest BCUT2D eigenvalue weighted by Gasteiger charge is 2.17. The fourth-order valence-corrected chi connectivity index (χ4v) is 1.59. The van der Waals surface area contributed by atoms with Gasteiger partial charge in [0.15, 0.2) is 0 Å². The minimum Gasteiger partial charge on any atom is -0.319 e. The van der Waals surface area contributed by atoms with E-state index in [4.69, 9.17) is 0 Å². The van der Waals surface area contributed by atoms with Crippen LogP contribution in [0.1, 0.15) is 18.7 Å². The van der Waals surface area contributed by atoms with Crippen molar-refractivity contribution in [3.63, 3.8) is 0 Å². The monoisotopic (exact) mass is 203 g/mol. The Morgan fingerprint density at radius 2 is 2.40 bits per heavy atom. The van der Waals surface area contributed by atoms with E-state index in [0.29, 0.717) is 6.42 Å². The Labute approximate surface area is 88.5 Å². The molecule has 0 spiro atoms. The number of carbonyl (C=O) groups excluding carboxylic acids is 1. The van der Waals surface area contributed by atoms with Crippen LogP contribution in [0.5, 0.6) is 0 Å². The maximum Gasteiger partial charge on any atom is 0.226 e. The fraction of sp³-hybridized carbons (Fsp3) is 0.273. The molecule has 1 fully saturated rings. The topological polar surface area (TPSA) is 38.1 Å². The summed E-state index contributed by atoms with van der Waals surface area (Å²) < 4.78 is 1.80. The maximum absolute atomic E-state index is 11.3. The third kappa shape index (κ3) is 1.98. The molecule has 2 heterocycles. The molecule has 1 aliphatic rings. The second-order valence-electron chi connectivity index (χ2n) is 3.38. The Hall–Kier alpha value is -1.84. The summed E-state index contributed by atoms with van der Waals surface area (Å²) in [5.41, 5.74) is 0. The number of hydrogen-bond donors (Lipinski definition) is 0. The number of amides is 1. The van der Waals surface area contributed by atoms with Gasteiger partial charge in [-0.15, -0.1) is 0 Å². The molecular weight excluding hydrogens is 190 g/mol. The SMILES string of the molecule is C=Cn1ccnc1C=CN1CCCC1=O. The van der Waals surface area contributed by atoms with Crippen molar-refractivity contribution < 1.29 is 4.79 Å². The first-order valence-electron chi connectivity index (χ1n) is 4.94. The van der Waals surface area contributed by atoms with Gasteiger partial charge in [-0.05, 0) is 12.5 Å². The lowest BCUT2D eigenvalue weighted by Crippen LogP contribution is -2.17. The number of imidazole rings is 1. The van der Waals surface area contributed by atoms with Crippen molar-refractivity contribution in [1.29, 1.82) is 0 Å². The molecule has 1 aliphatic heterocycles. The molecule has 1 aromatic rings. The highest BCUT2D eigenvalue weighted by Crippen LogP contribution is 2.11. The van der Waals surface area contributed by atoms with Crippen LogP contribution in [0.2, 0.25) is 0 Å². The molecule has 0 saturated carbocycles. The average molecular weight is 203 g/mol. The third-order valence-corrected chi connectivity index (χ3v) is 2.41. The zero-order chi connectivity index (χ0) is 10.7. The lowest BCUT2D eigenvalue weighted by Gasteiger charge is -2.07. The number of nitrogens with zero attached hydrogens (tertiary/aromatic N) is 3. The van der Waals surface area contributed by atoms with E-state index in [-0.39, 0.29) is 5.91 Å². The summed E-state index contributed by atoms with van der Waals surface area (Å²) in [6.45, 7) is 4.48. The summed E-state index contributed by atoms with van der Waals surface area (Å²) in [5, 5.41) is 0. The van der Waals surface area contributed by atoms with Crippen molar-refractivity contribution in [1.82, 2.24) is 14.5 Å². The maximum atomic E-state index is 11.3. The van der Waals surface area contributed by atoms with Crippen LogP contribution in [-0.2, 0) is 4.79 Å². The summed E-state index contributed by atoms with van der Waals surface area (Å²) in [6, 6.07) is 0. The van der Waals surface area contributed by atoms with Gasteiger partial charge in [-0.1, -0.05) is 6.58 Å². The Bertz CT molecular complexity index is 406. The zero-order valence-corrected chi connectivity index (χ0v) is 8.47. The first-order chi connectivity index (χ1) is 7.31. The molecule has 0 bridgehead atoms. The molecule has 1 amide bonds. The van der Waals surface area contributed by atoms with E-state index in [0.717, 1.165) is 18.8 Å². The summed E-state index contributed by atoms with van der Waals surface area (Å²) in [6.07, 6.45) is 10.4. The quantitative estimate of drug-likeness (QED) is 0.748. The standard InChI is InChI=1S/C11H13N3O/c1-2-13-9-6-12-10(13)5-8-14-7-3-4-11(14)15/h2,5-6,8-9H,1,3-4,7H2. The first kappa shape index (κ1) is 9.71. The molecule has 0 aromatic carbocycles.